The van der Waals surface area contributed by atoms with Crippen LogP contribution in [0.15, 0.2) is 27.4 Å². The normalized spacial score (nSPS) is 23.2. The van der Waals surface area contributed by atoms with Crippen molar-refractivity contribution >= 4 is 16.9 Å². The molecule has 6 nitrogen and oxygen atoms in total. The molecule has 32 heavy (non-hydrogen) atoms. The molecule has 1 aromatic carbocycles. The first-order valence-corrected chi connectivity index (χ1v) is 12.1. The molecule has 2 aliphatic rings. The highest BCUT2D eigenvalue weighted by atomic mass is 16.5. The smallest absolute Gasteiger partial charge is 0.336 e. The lowest BCUT2D eigenvalue weighted by atomic mass is 9.71. The number of hydrogen-bond donors (Lipinski definition) is 1. The molecule has 2 atom stereocenters. The van der Waals surface area contributed by atoms with E-state index in [1.54, 1.807) is 6.07 Å². The first-order chi connectivity index (χ1) is 15.4. The Morgan fingerprint density at radius 2 is 2.09 bits per heavy atom. The molecular formula is C26H35NO5. The largest absolute Gasteiger partial charge is 0.483 e. The first kappa shape index (κ1) is 22.8. The van der Waals surface area contributed by atoms with Gasteiger partial charge in [-0.25, -0.2) is 4.79 Å². The fourth-order valence-corrected chi connectivity index (χ4v) is 5.37. The maximum absolute atomic E-state index is 13.0. The number of rotatable bonds is 7. The topological polar surface area (TPSA) is 80.0 Å². The van der Waals surface area contributed by atoms with E-state index in [4.69, 9.17) is 9.15 Å². The van der Waals surface area contributed by atoms with Crippen molar-refractivity contribution in [2.24, 2.45) is 5.92 Å². The minimum absolute atomic E-state index is 0.0582. The van der Waals surface area contributed by atoms with Crippen molar-refractivity contribution in [3.8, 4) is 5.75 Å². The summed E-state index contributed by atoms with van der Waals surface area (Å²) >= 11 is 0. The summed E-state index contributed by atoms with van der Waals surface area (Å²) in [6.07, 6.45) is 8.60. The SMILES string of the molecule is CCCCCc1cc(=O)oc2cc(C)cc(OCC(=O)N3CCC4(O)CCCCC4C3)c12. The molecule has 1 N–H and O–H groups in total. The van der Waals surface area contributed by atoms with E-state index in [1.165, 1.54) is 0 Å². The minimum Gasteiger partial charge on any atom is -0.483 e. The van der Waals surface area contributed by atoms with Crippen molar-refractivity contribution in [1.29, 1.82) is 0 Å². The van der Waals surface area contributed by atoms with Crippen LogP contribution in [0.2, 0.25) is 0 Å². The summed E-state index contributed by atoms with van der Waals surface area (Å²) in [5.74, 6) is 0.695. The molecule has 0 spiro atoms. The van der Waals surface area contributed by atoms with Gasteiger partial charge in [0.05, 0.1) is 11.0 Å². The Morgan fingerprint density at radius 1 is 1.25 bits per heavy atom. The van der Waals surface area contributed by atoms with Crippen LogP contribution >= 0.6 is 0 Å². The Morgan fingerprint density at radius 3 is 2.91 bits per heavy atom. The van der Waals surface area contributed by atoms with E-state index in [-0.39, 0.29) is 24.1 Å². The number of aryl methyl sites for hydroxylation is 2. The molecule has 174 valence electrons. The van der Waals surface area contributed by atoms with Crippen LogP contribution in [0.5, 0.6) is 5.75 Å². The number of piperidine rings is 1. The molecule has 1 aliphatic heterocycles. The standard InChI is InChI=1S/C26H35NO5/c1-3-4-5-8-19-15-24(29)32-22-14-18(2)13-21(25(19)22)31-17-23(28)27-12-11-26(30)10-7-6-9-20(26)16-27/h13-15,20,30H,3-12,16-17H2,1-2H3. The predicted molar refractivity (Wildman–Crippen MR) is 124 cm³/mol. The molecule has 2 aromatic rings. The average Bonchev–Trinajstić information content (AvgIpc) is 2.76. The average molecular weight is 442 g/mol. The lowest BCUT2D eigenvalue weighted by molar-refractivity contribution is -0.145. The summed E-state index contributed by atoms with van der Waals surface area (Å²) in [5.41, 5.74) is 1.38. The van der Waals surface area contributed by atoms with E-state index in [1.807, 2.05) is 24.0 Å². The summed E-state index contributed by atoms with van der Waals surface area (Å²) < 4.78 is 11.5. The lowest BCUT2D eigenvalue weighted by Crippen LogP contribution is -2.55. The summed E-state index contributed by atoms with van der Waals surface area (Å²) in [6.45, 7) is 5.19. The van der Waals surface area contributed by atoms with Gasteiger partial charge in [-0.3, -0.25) is 4.79 Å². The molecule has 2 heterocycles. The molecule has 4 rings (SSSR count). The lowest BCUT2D eigenvalue weighted by Gasteiger charge is -2.47. The number of nitrogens with zero attached hydrogens (tertiary/aromatic N) is 1. The number of hydrogen-bond acceptors (Lipinski definition) is 5. The van der Waals surface area contributed by atoms with Crippen LogP contribution in [0.25, 0.3) is 11.0 Å². The molecule has 1 aliphatic carbocycles. The first-order valence-electron chi connectivity index (χ1n) is 12.1. The van der Waals surface area contributed by atoms with Crippen LogP contribution in [0.1, 0.15) is 69.4 Å². The number of unbranched alkanes of at least 4 members (excludes halogenated alkanes) is 2. The van der Waals surface area contributed by atoms with Crippen molar-refractivity contribution in [3.05, 3.63) is 39.7 Å². The second-order valence-electron chi connectivity index (χ2n) is 9.61. The Kier molecular flexibility index (Phi) is 6.89. The summed E-state index contributed by atoms with van der Waals surface area (Å²) in [5, 5.41) is 11.7. The zero-order valence-corrected chi connectivity index (χ0v) is 19.3. The predicted octanol–water partition coefficient (Wildman–Crippen LogP) is 4.37. The summed E-state index contributed by atoms with van der Waals surface area (Å²) in [4.78, 5) is 26.9. The highest BCUT2D eigenvalue weighted by molar-refractivity contribution is 5.88. The zero-order valence-electron chi connectivity index (χ0n) is 19.3. The number of benzene rings is 1. The van der Waals surface area contributed by atoms with Crippen molar-refractivity contribution in [3.63, 3.8) is 0 Å². The maximum atomic E-state index is 13.0. The molecule has 1 saturated heterocycles. The van der Waals surface area contributed by atoms with Crippen LogP contribution in [-0.4, -0.2) is 41.2 Å². The monoisotopic (exact) mass is 441 g/mol. The van der Waals surface area contributed by atoms with E-state index >= 15 is 0 Å². The highest BCUT2D eigenvalue weighted by Crippen LogP contribution is 2.40. The van der Waals surface area contributed by atoms with Gasteiger partial charge in [-0.05, 0) is 62.3 Å². The van der Waals surface area contributed by atoms with Gasteiger partial charge in [-0.2, -0.15) is 0 Å². The van der Waals surface area contributed by atoms with Gasteiger partial charge in [-0.15, -0.1) is 0 Å². The van der Waals surface area contributed by atoms with Crippen molar-refractivity contribution in [2.45, 2.75) is 77.2 Å². The number of aliphatic hydroxyl groups is 1. The molecule has 1 aromatic heterocycles. The Bertz CT molecular complexity index is 1030. The fraction of sp³-hybridized carbons (Fsp3) is 0.615. The van der Waals surface area contributed by atoms with E-state index in [2.05, 4.69) is 6.92 Å². The highest BCUT2D eigenvalue weighted by Gasteiger charge is 2.43. The second kappa shape index (κ2) is 9.65. The molecule has 2 unspecified atom stereocenters. The molecule has 2 fully saturated rings. The van der Waals surface area contributed by atoms with Crippen LogP contribution in [0.4, 0.5) is 0 Å². The van der Waals surface area contributed by atoms with E-state index < -0.39 is 5.60 Å². The van der Waals surface area contributed by atoms with Crippen LogP contribution in [-0.2, 0) is 11.2 Å². The minimum atomic E-state index is -0.604. The summed E-state index contributed by atoms with van der Waals surface area (Å²) in [6, 6.07) is 5.31. The third kappa shape index (κ3) is 4.85. The number of likely N-dealkylation sites (tertiary alicyclic amines) is 1. The molecule has 0 radical (unpaired) electrons. The quantitative estimate of drug-likeness (QED) is 0.510. The summed E-state index contributed by atoms with van der Waals surface area (Å²) in [7, 11) is 0. The molecular weight excluding hydrogens is 406 g/mol. The molecule has 0 bridgehead atoms. The van der Waals surface area contributed by atoms with Gasteiger partial charge in [0, 0.05) is 25.1 Å². The molecule has 1 amide bonds. The van der Waals surface area contributed by atoms with Gasteiger partial charge < -0.3 is 19.2 Å². The second-order valence-corrected chi connectivity index (χ2v) is 9.61. The van der Waals surface area contributed by atoms with Crippen molar-refractivity contribution in [1.82, 2.24) is 4.90 Å². The van der Waals surface area contributed by atoms with Crippen molar-refractivity contribution in [2.75, 3.05) is 19.7 Å². The van der Waals surface area contributed by atoms with Gasteiger partial charge in [0.25, 0.3) is 5.91 Å². The third-order valence-electron chi connectivity index (χ3n) is 7.22. The van der Waals surface area contributed by atoms with E-state index in [0.717, 1.165) is 67.9 Å². The molecule has 1 saturated carbocycles. The van der Waals surface area contributed by atoms with Crippen molar-refractivity contribution < 1.29 is 19.1 Å². The van der Waals surface area contributed by atoms with Crippen LogP contribution < -0.4 is 10.4 Å². The van der Waals surface area contributed by atoms with Gasteiger partial charge in [0.2, 0.25) is 0 Å². The number of fused-ring (bicyclic) bond motifs is 2. The molecule has 6 heteroatoms. The Hall–Kier alpha value is -2.34. The maximum Gasteiger partial charge on any atom is 0.336 e. The number of ether oxygens (including phenoxy) is 1. The zero-order chi connectivity index (χ0) is 22.7. The fourth-order valence-electron chi connectivity index (χ4n) is 5.37. The van der Waals surface area contributed by atoms with Gasteiger partial charge in [0.15, 0.2) is 6.61 Å². The van der Waals surface area contributed by atoms with Crippen LogP contribution in [0, 0.1) is 12.8 Å². The Balaban J connectivity index is 1.51. The number of amides is 1. The van der Waals surface area contributed by atoms with E-state index in [0.29, 0.717) is 30.8 Å². The van der Waals surface area contributed by atoms with Crippen LogP contribution in [0.3, 0.4) is 0 Å². The Labute approximate surface area is 189 Å². The number of carbonyl (C=O) groups excluding carboxylic acids is 1. The van der Waals surface area contributed by atoms with Gasteiger partial charge in [0.1, 0.15) is 11.3 Å². The number of carbonyl (C=O) groups is 1. The van der Waals surface area contributed by atoms with Gasteiger partial charge in [-0.1, -0.05) is 32.6 Å². The van der Waals surface area contributed by atoms with E-state index in [9.17, 15) is 14.7 Å². The van der Waals surface area contributed by atoms with Gasteiger partial charge >= 0.3 is 5.63 Å². The third-order valence-corrected chi connectivity index (χ3v) is 7.22.